The van der Waals surface area contributed by atoms with E-state index in [0.29, 0.717) is 18.5 Å². The van der Waals surface area contributed by atoms with Crippen LogP contribution >= 0.6 is 12.4 Å². The molecule has 0 aliphatic carbocycles. The molecule has 0 radical (unpaired) electrons. The standard InChI is InChI=1S/C15H21N3O2.ClH/c1-15(2,16)10-17-14(20)11-5-7-12(8-6-11)18-9-3-4-13(18)19;/h5-8H,3-4,9-10,16H2,1-2H3,(H,17,20);1H. The molecule has 1 aromatic rings. The molecule has 2 amide bonds. The first-order valence-corrected chi connectivity index (χ1v) is 6.84. The van der Waals surface area contributed by atoms with Crippen molar-refractivity contribution in [2.24, 2.45) is 5.73 Å². The molecule has 0 spiro atoms. The van der Waals surface area contributed by atoms with E-state index in [9.17, 15) is 9.59 Å². The third kappa shape index (κ3) is 4.72. The molecule has 0 unspecified atom stereocenters. The molecule has 3 N–H and O–H groups in total. The van der Waals surface area contributed by atoms with Crippen LogP contribution in [0.2, 0.25) is 0 Å². The van der Waals surface area contributed by atoms with Crippen LogP contribution in [0.25, 0.3) is 0 Å². The van der Waals surface area contributed by atoms with Crippen LogP contribution in [-0.4, -0.2) is 30.4 Å². The fraction of sp³-hybridized carbons (Fsp3) is 0.467. The Balaban J connectivity index is 0.00000220. The van der Waals surface area contributed by atoms with Crippen LogP contribution in [0.15, 0.2) is 24.3 Å². The fourth-order valence-electron chi connectivity index (χ4n) is 2.12. The minimum Gasteiger partial charge on any atom is -0.350 e. The van der Waals surface area contributed by atoms with Crippen molar-refractivity contribution >= 4 is 29.9 Å². The Morgan fingerprint density at radius 3 is 2.43 bits per heavy atom. The average molecular weight is 312 g/mol. The van der Waals surface area contributed by atoms with E-state index in [2.05, 4.69) is 5.32 Å². The molecule has 0 saturated carbocycles. The number of nitrogens with zero attached hydrogens (tertiary/aromatic N) is 1. The molecule has 0 atom stereocenters. The normalized spacial score (nSPS) is 14.8. The highest BCUT2D eigenvalue weighted by atomic mass is 35.5. The van der Waals surface area contributed by atoms with E-state index < -0.39 is 5.54 Å². The summed E-state index contributed by atoms with van der Waals surface area (Å²) >= 11 is 0. The average Bonchev–Trinajstić information content (AvgIpc) is 2.81. The number of hydrogen-bond donors (Lipinski definition) is 2. The zero-order valence-electron chi connectivity index (χ0n) is 12.4. The summed E-state index contributed by atoms with van der Waals surface area (Å²) in [6.45, 7) is 4.88. The third-order valence-electron chi connectivity index (χ3n) is 3.22. The Kier molecular flexibility index (Phi) is 5.75. The predicted molar refractivity (Wildman–Crippen MR) is 85.9 cm³/mol. The highest BCUT2D eigenvalue weighted by Gasteiger charge is 2.21. The lowest BCUT2D eigenvalue weighted by Crippen LogP contribution is -2.45. The van der Waals surface area contributed by atoms with E-state index in [1.807, 2.05) is 26.0 Å². The smallest absolute Gasteiger partial charge is 0.251 e. The van der Waals surface area contributed by atoms with Gasteiger partial charge < -0.3 is 16.0 Å². The second-order valence-electron chi connectivity index (χ2n) is 5.87. The van der Waals surface area contributed by atoms with Crippen molar-refractivity contribution in [2.45, 2.75) is 32.2 Å². The summed E-state index contributed by atoms with van der Waals surface area (Å²) < 4.78 is 0. The van der Waals surface area contributed by atoms with E-state index >= 15 is 0 Å². The Hall–Kier alpha value is -1.59. The number of nitrogens with two attached hydrogens (primary N) is 1. The van der Waals surface area contributed by atoms with Gasteiger partial charge in [0.15, 0.2) is 0 Å². The van der Waals surface area contributed by atoms with E-state index in [-0.39, 0.29) is 24.2 Å². The van der Waals surface area contributed by atoms with Crippen molar-refractivity contribution in [3.8, 4) is 0 Å². The number of amides is 2. The molecule has 1 saturated heterocycles. The summed E-state index contributed by atoms with van der Waals surface area (Å²) in [5.41, 5.74) is 6.82. The maximum Gasteiger partial charge on any atom is 0.251 e. The molecule has 1 aliphatic rings. The fourth-order valence-corrected chi connectivity index (χ4v) is 2.12. The maximum atomic E-state index is 11.9. The van der Waals surface area contributed by atoms with E-state index in [1.165, 1.54) is 0 Å². The number of halogens is 1. The summed E-state index contributed by atoms with van der Waals surface area (Å²) in [4.78, 5) is 25.3. The zero-order chi connectivity index (χ0) is 14.8. The van der Waals surface area contributed by atoms with Gasteiger partial charge in [-0.15, -0.1) is 12.4 Å². The molecule has 0 aromatic heterocycles. The lowest BCUT2D eigenvalue weighted by Gasteiger charge is -2.19. The molecular formula is C15H22ClN3O2. The monoisotopic (exact) mass is 311 g/mol. The Morgan fingerprint density at radius 2 is 1.95 bits per heavy atom. The molecule has 1 fully saturated rings. The van der Waals surface area contributed by atoms with E-state index in [0.717, 1.165) is 18.7 Å². The quantitative estimate of drug-likeness (QED) is 0.888. The van der Waals surface area contributed by atoms with Crippen molar-refractivity contribution in [3.05, 3.63) is 29.8 Å². The summed E-state index contributed by atoms with van der Waals surface area (Å²) in [5.74, 6) is -0.00472. The number of hydrogen-bond acceptors (Lipinski definition) is 3. The molecule has 1 aromatic carbocycles. The molecule has 5 nitrogen and oxygen atoms in total. The zero-order valence-corrected chi connectivity index (χ0v) is 13.2. The van der Waals surface area contributed by atoms with Crippen molar-refractivity contribution in [1.29, 1.82) is 0 Å². The Morgan fingerprint density at radius 1 is 1.33 bits per heavy atom. The molecule has 21 heavy (non-hydrogen) atoms. The SMILES string of the molecule is CC(C)(N)CNC(=O)c1ccc(N2CCCC2=O)cc1.Cl. The highest BCUT2D eigenvalue weighted by molar-refractivity contribution is 5.97. The minimum absolute atomic E-state index is 0. The number of rotatable bonds is 4. The number of benzene rings is 1. The summed E-state index contributed by atoms with van der Waals surface area (Å²) in [5, 5.41) is 2.79. The summed E-state index contributed by atoms with van der Waals surface area (Å²) in [6.07, 6.45) is 1.50. The number of anilines is 1. The number of carbonyl (C=O) groups is 2. The van der Waals surface area contributed by atoms with Crippen LogP contribution in [0.5, 0.6) is 0 Å². The topological polar surface area (TPSA) is 75.4 Å². The highest BCUT2D eigenvalue weighted by Crippen LogP contribution is 2.21. The van der Waals surface area contributed by atoms with Gasteiger partial charge in [-0.2, -0.15) is 0 Å². The molecular weight excluding hydrogens is 290 g/mol. The largest absolute Gasteiger partial charge is 0.350 e. The van der Waals surface area contributed by atoms with E-state index in [4.69, 9.17) is 5.73 Å². The van der Waals surface area contributed by atoms with Crippen LogP contribution in [0.4, 0.5) is 5.69 Å². The van der Waals surface area contributed by atoms with Gasteiger partial charge in [0.05, 0.1) is 0 Å². The van der Waals surface area contributed by atoms with Gasteiger partial charge in [-0.25, -0.2) is 0 Å². The lowest BCUT2D eigenvalue weighted by molar-refractivity contribution is -0.117. The molecule has 6 heteroatoms. The molecule has 0 bridgehead atoms. The van der Waals surface area contributed by atoms with Gasteiger partial charge in [-0.3, -0.25) is 9.59 Å². The van der Waals surface area contributed by atoms with Crippen LogP contribution in [0.3, 0.4) is 0 Å². The lowest BCUT2D eigenvalue weighted by atomic mass is 10.1. The van der Waals surface area contributed by atoms with Crippen LogP contribution in [-0.2, 0) is 4.79 Å². The van der Waals surface area contributed by atoms with Crippen molar-refractivity contribution in [2.75, 3.05) is 18.0 Å². The summed E-state index contributed by atoms with van der Waals surface area (Å²) in [7, 11) is 0. The van der Waals surface area contributed by atoms with Gasteiger partial charge >= 0.3 is 0 Å². The van der Waals surface area contributed by atoms with Gasteiger partial charge in [0.2, 0.25) is 5.91 Å². The van der Waals surface area contributed by atoms with Crippen LogP contribution in [0.1, 0.15) is 37.0 Å². The molecule has 1 aliphatic heterocycles. The summed E-state index contributed by atoms with van der Waals surface area (Å²) in [6, 6.07) is 7.09. The minimum atomic E-state index is -0.433. The van der Waals surface area contributed by atoms with Crippen molar-refractivity contribution in [3.63, 3.8) is 0 Å². The maximum absolute atomic E-state index is 11.9. The first-order chi connectivity index (χ1) is 9.37. The van der Waals surface area contributed by atoms with Gasteiger partial charge in [0.25, 0.3) is 5.91 Å². The molecule has 1 heterocycles. The predicted octanol–water partition coefficient (Wildman–Crippen LogP) is 1.70. The van der Waals surface area contributed by atoms with Crippen LogP contribution in [0, 0.1) is 0 Å². The Labute approximate surface area is 131 Å². The van der Waals surface area contributed by atoms with Crippen molar-refractivity contribution < 1.29 is 9.59 Å². The van der Waals surface area contributed by atoms with Gasteiger partial charge in [0.1, 0.15) is 0 Å². The Bertz CT molecular complexity index is 509. The van der Waals surface area contributed by atoms with Crippen LogP contribution < -0.4 is 16.0 Å². The molecule has 2 rings (SSSR count). The number of carbonyl (C=O) groups excluding carboxylic acids is 2. The first kappa shape index (κ1) is 17.5. The second-order valence-corrected chi connectivity index (χ2v) is 5.87. The second kappa shape index (κ2) is 6.91. The molecule has 116 valence electrons. The van der Waals surface area contributed by atoms with Gasteiger partial charge in [-0.05, 0) is 44.5 Å². The van der Waals surface area contributed by atoms with Gasteiger partial charge in [-0.1, -0.05) is 0 Å². The van der Waals surface area contributed by atoms with Gasteiger partial charge in [0, 0.05) is 36.3 Å². The first-order valence-electron chi connectivity index (χ1n) is 6.84. The third-order valence-corrected chi connectivity index (χ3v) is 3.22. The number of nitrogens with one attached hydrogen (secondary N) is 1. The van der Waals surface area contributed by atoms with E-state index in [1.54, 1.807) is 17.0 Å². The van der Waals surface area contributed by atoms with Crippen molar-refractivity contribution in [1.82, 2.24) is 5.32 Å².